The van der Waals surface area contributed by atoms with Gasteiger partial charge in [0, 0.05) is 22.2 Å². The average molecular weight is 1020 g/mol. The Morgan fingerprint density at radius 1 is 0.484 bits per heavy atom. The Morgan fingerprint density at radius 2 is 1.06 bits per heavy atom. The first kappa shape index (κ1) is 43.1. The van der Waals surface area contributed by atoms with Crippen molar-refractivity contribution in [1.29, 1.82) is 0 Å². The zero-order chi connectivity index (χ0) is 42.3. The molecule has 9 rings (SSSR count). The molecule has 0 radical (unpaired) electrons. The van der Waals surface area contributed by atoms with Gasteiger partial charge in [-0.1, -0.05) is 179 Å². The third-order valence-corrected chi connectivity index (χ3v) is 14.6. The van der Waals surface area contributed by atoms with E-state index in [0.717, 1.165) is 65.8 Å². The van der Waals surface area contributed by atoms with E-state index in [1.165, 1.54) is 38.6 Å². The number of hydrogen-bond acceptors (Lipinski definition) is 4. The van der Waals surface area contributed by atoms with E-state index in [0.29, 0.717) is 11.8 Å². The molecule has 0 N–H and O–H groups in total. The number of hydrogen-bond donors (Lipinski definition) is 0. The summed E-state index contributed by atoms with van der Waals surface area (Å²) in [5.74, 6) is 0.798. The van der Waals surface area contributed by atoms with Crippen molar-refractivity contribution in [3.63, 3.8) is 0 Å². The van der Waals surface area contributed by atoms with Crippen LogP contribution in [-0.4, -0.2) is 23.0 Å². The molecule has 0 fully saturated rings. The van der Waals surface area contributed by atoms with Crippen molar-refractivity contribution in [2.45, 2.75) is 59.2 Å². The van der Waals surface area contributed by atoms with Crippen LogP contribution in [0.4, 0.5) is 0 Å². The predicted molar refractivity (Wildman–Crippen MR) is 262 cm³/mol. The van der Waals surface area contributed by atoms with E-state index < -0.39 is 8.07 Å². The van der Waals surface area contributed by atoms with Crippen molar-refractivity contribution >= 4 is 34.8 Å². The Morgan fingerprint density at radius 3 is 1.69 bits per heavy atom. The molecule has 6 heteroatoms. The van der Waals surface area contributed by atoms with Crippen LogP contribution >= 0.6 is 11.3 Å². The van der Waals surface area contributed by atoms with E-state index in [4.69, 9.17) is 15.0 Å². The second kappa shape index (κ2) is 18.0. The van der Waals surface area contributed by atoms with E-state index in [9.17, 15) is 0 Å². The third kappa shape index (κ3) is 8.72. The maximum atomic E-state index is 5.31. The summed E-state index contributed by atoms with van der Waals surface area (Å²) in [6.07, 6.45) is 0. The van der Waals surface area contributed by atoms with Gasteiger partial charge in [-0.25, -0.2) is 0 Å². The minimum atomic E-state index is -1.66. The zero-order valence-electron chi connectivity index (χ0n) is 36.2. The maximum absolute atomic E-state index is 5.31. The topological polar surface area (TPSA) is 38.7 Å². The number of nitrogens with zero attached hydrogens (tertiary/aromatic N) is 3. The SMILES string of the molecule is CC(C)c1cccc(C(C)C)c1-c1nc2cc(-c3cccc(-c4ccc([Si](C)(C)C)cc4-c4cccc(-c5[c-]cc(-c6ccccc6-c6ccccc6)cc5)n4)n3)[c-]cc2s1.[Pt+2]. The first-order chi connectivity index (χ1) is 29.5. The summed E-state index contributed by atoms with van der Waals surface area (Å²) in [5.41, 5.74) is 17.2. The van der Waals surface area contributed by atoms with Gasteiger partial charge in [0.25, 0.3) is 0 Å². The number of pyridine rings is 2. The first-order valence-electron chi connectivity index (χ1n) is 21.2. The molecule has 62 heavy (non-hydrogen) atoms. The molecule has 308 valence electrons. The minimum absolute atomic E-state index is 0. The van der Waals surface area contributed by atoms with Crippen LogP contribution < -0.4 is 5.19 Å². The Balaban J connectivity index is 0.00000529. The van der Waals surface area contributed by atoms with Crippen LogP contribution in [0.15, 0.2) is 158 Å². The second-order valence-corrected chi connectivity index (χ2v) is 23.6. The van der Waals surface area contributed by atoms with E-state index in [1.54, 1.807) is 11.3 Å². The number of fused-ring (bicyclic) bond motifs is 1. The molecule has 9 aromatic rings. The summed E-state index contributed by atoms with van der Waals surface area (Å²) < 4.78 is 1.13. The van der Waals surface area contributed by atoms with E-state index in [-0.39, 0.29) is 21.1 Å². The molecule has 0 amide bonds. The molecule has 0 aliphatic heterocycles. The van der Waals surface area contributed by atoms with Gasteiger partial charge < -0.3 is 0 Å². The molecule has 0 atom stereocenters. The summed E-state index contributed by atoms with van der Waals surface area (Å²) in [7, 11) is -1.66. The number of benzene rings is 6. The summed E-state index contributed by atoms with van der Waals surface area (Å²) in [4.78, 5) is 15.9. The molecule has 0 bridgehead atoms. The Kier molecular flexibility index (Phi) is 12.5. The molecular weight excluding hydrogens is 970 g/mol. The summed E-state index contributed by atoms with van der Waals surface area (Å²) >= 11 is 1.75. The molecule has 0 spiro atoms. The van der Waals surface area contributed by atoms with Gasteiger partial charge in [-0.3, -0.25) is 15.0 Å². The fraction of sp³-hybridized carbons (Fsp3) is 0.161. The van der Waals surface area contributed by atoms with Crippen LogP contribution in [-0.2, 0) is 21.1 Å². The number of thiazole rings is 1. The smallest absolute Gasteiger partial charge is 0.296 e. The summed E-state index contributed by atoms with van der Waals surface area (Å²) in [6.45, 7) is 16.2. The number of aromatic nitrogens is 3. The van der Waals surface area contributed by atoms with Gasteiger partial charge in [0.1, 0.15) is 5.01 Å². The molecule has 0 aliphatic rings. The molecule has 0 saturated carbocycles. The Bertz CT molecular complexity index is 2990. The molecule has 3 aromatic heterocycles. The second-order valence-electron chi connectivity index (χ2n) is 17.5. The Labute approximate surface area is 386 Å². The fourth-order valence-corrected chi connectivity index (χ4v) is 10.4. The summed E-state index contributed by atoms with van der Waals surface area (Å²) in [5, 5.41) is 2.44. The molecular formula is C56H49N3PtSSi. The molecule has 0 aliphatic carbocycles. The van der Waals surface area contributed by atoms with Crippen LogP contribution in [0.5, 0.6) is 0 Å². The molecule has 3 nitrogen and oxygen atoms in total. The predicted octanol–water partition coefficient (Wildman–Crippen LogP) is 15.1. The third-order valence-electron chi connectivity index (χ3n) is 11.5. The molecule has 6 aromatic carbocycles. The van der Waals surface area contributed by atoms with Gasteiger partial charge in [0.15, 0.2) is 0 Å². The van der Waals surface area contributed by atoms with Crippen LogP contribution in [0, 0.1) is 12.1 Å². The van der Waals surface area contributed by atoms with E-state index >= 15 is 0 Å². The fourth-order valence-electron chi connectivity index (χ4n) is 8.20. The number of rotatable bonds is 10. The van der Waals surface area contributed by atoms with Crippen LogP contribution in [0.1, 0.15) is 50.7 Å². The minimum Gasteiger partial charge on any atom is -0.296 e. The first-order valence-corrected chi connectivity index (χ1v) is 25.6. The molecule has 0 unspecified atom stereocenters. The Hall–Kier alpha value is -5.58. The van der Waals surface area contributed by atoms with Crippen molar-refractivity contribution in [2.24, 2.45) is 0 Å². The summed E-state index contributed by atoms with van der Waals surface area (Å²) in [6, 6.07) is 63.1. The van der Waals surface area contributed by atoms with Crippen molar-refractivity contribution < 1.29 is 21.1 Å². The normalized spacial score (nSPS) is 11.6. The zero-order valence-corrected chi connectivity index (χ0v) is 40.3. The molecule has 0 saturated heterocycles. The van der Waals surface area contributed by atoms with Crippen LogP contribution in [0.3, 0.4) is 0 Å². The average Bonchev–Trinajstić information content (AvgIpc) is 3.72. The van der Waals surface area contributed by atoms with Crippen molar-refractivity contribution in [2.75, 3.05) is 0 Å². The van der Waals surface area contributed by atoms with E-state index in [1.807, 2.05) is 0 Å². The van der Waals surface area contributed by atoms with Crippen molar-refractivity contribution in [3.8, 4) is 77.9 Å². The van der Waals surface area contributed by atoms with Crippen LogP contribution in [0.2, 0.25) is 19.6 Å². The van der Waals surface area contributed by atoms with Crippen molar-refractivity contribution in [1.82, 2.24) is 15.0 Å². The monoisotopic (exact) mass is 1020 g/mol. The van der Waals surface area contributed by atoms with Crippen molar-refractivity contribution in [3.05, 3.63) is 181 Å². The van der Waals surface area contributed by atoms with Gasteiger partial charge in [-0.2, -0.15) is 11.3 Å². The van der Waals surface area contributed by atoms with Gasteiger partial charge in [0.05, 0.1) is 19.5 Å². The molecule has 3 heterocycles. The maximum Gasteiger partial charge on any atom is 2.00 e. The largest absolute Gasteiger partial charge is 2.00 e. The van der Waals surface area contributed by atoms with Gasteiger partial charge in [-0.05, 0) is 62.3 Å². The van der Waals surface area contributed by atoms with Crippen LogP contribution in [0.25, 0.3) is 88.1 Å². The standard InChI is InChI=1S/C56H49N3SSi.Pt/c1-36(2)43-20-13-21-44(37(3)4)55(43)56-59-53-34-41(30-33-54(53)60-56)50-23-15-24-51(58-50)47-32-31-42(61(5,6)7)35-48(47)52-25-14-22-49(57-52)40-28-26-39(27-29-40)46-19-12-11-18-45(46)38-16-9-8-10-17-38;/h8-28,31-37H,1-7H3;/q-2;+2. The van der Waals surface area contributed by atoms with E-state index in [2.05, 4.69) is 217 Å². The van der Waals surface area contributed by atoms with Gasteiger partial charge in [-0.15, -0.1) is 53.6 Å². The van der Waals surface area contributed by atoms with Gasteiger partial charge in [0.2, 0.25) is 0 Å². The quantitative estimate of drug-likeness (QED) is 0.101. The van der Waals surface area contributed by atoms with Gasteiger partial charge >= 0.3 is 21.1 Å².